The number of nitrogens with zero attached hydrogens (tertiary/aromatic N) is 3. The van der Waals surface area contributed by atoms with Crippen LogP contribution in [0.3, 0.4) is 0 Å². The highest BCUT2D eigenvalue weighted by atomic mass is 35.5. The monoisotopic (exact) mass is 265 g/mol. The Morgan fingerprint density at radius 3 is 2.59 bits per heavy atom. The van der Waals surface area contributed by atoms with Crippen molar-refractivity contribution in [3.05, 3.63) is 40.4 Å². The molecule has 0 aliphatic carbocycles. The standard InChI is InChI=1S/C12H12ClN3S/c1-7-4-8(2)16-10(5-7)17-12-9(3)11(13)14-6-15-12/h4-6H,1-3H3. The molecule has 3 nitrogen and oxygen atoms in total. The molecule has 0 aliphatic rings. The summed E-state index contributed by atoms with van der Waals surface area (Å²) in [5.74, 6) is 0. The molecule has 2 rings (SSSR count). The van der Waals surface area contributed by atoms with Crippen LogP contribution >= 0.6 is 23.4 Å². The molecule has 2 heterocycles. The van der Waals surface area contributed by atoms with Crippen molar-refractivity contribution in [2.45, 2.75) is 30.8 Å². The van der Waals surface area contributed by atoms with Crippen molar-refractivity contribution in [3.63, 3.8) is 0 Å². The summed E-state index contributed by atoms with van der Waals surface area (Å²) < 4.78 is 0. The van der Waals surface area contributed by atoms with E-state index in [1.807, 2.05) is 26.0 Å². The Bertz CT molecular complexity index is 537. The van der Waals surface area contributed by atoms with E-state index >= 15 is 0 Å². The average molecular weight is 266 g/mol. The molecule has 88 valence electrons. The Labute approximate surface area is 110 Å². The van der Waals surface area contributed by atoms with Crippen LogP contribution in [0.1, 0.15) is 16.8 Å². The van der Waals surface area contributed by atoms with E-state index in [2.05, 4.69) is 21.9 Å². The van der Waals surface area contributed by atoms with E-state index in [1.54, 1.807) is 0 Å². The summed E-state index contributed by atoms with van der Waals surface area (Å²) in [6.07, 6.45) is 1.47. The molecule has 0 saturated heterocycles. The molecule has 0 N–H and O–H groups in total. The first-order chi connectivity index (χ1) is 8.06. The number of pyridine rings is 1. The summed E-state index contributed by atoms with van der Waals surface area (Å²) in [7, 11) is 0. The van der Waals surface area contributed by atoms with E-state index < -0.39 is 0 Å². The van der Waals surface area contributed by atoms with Gasteiger partial charge in [0.05, 0.1) is 0 Å². The van der Waals surface area contributed by atoms with Gasteiger partial charge in [-0.2, -0.15) is 0 Å². The van der Waals surface area contributed by atoms with E-state index in [1.165, 1.54) is 23.7 Å². The fraction of sp³-hybridized carbons (Fsp3) is 0.250. The van der Waals surface area contributed by atoms with Crippen molar-refractivity contribution in [1.29, 1.82) is 0 Å². The summed E-state index contributed by atoms with van der Waals surface area (Å²) in [5, 5.41) is 2.27. The Balaban J connectivity index is 2.34. The molecule has 0 aromatic carbocycles. The lowest BCUT2D eigenvalue weighted by molar-refractivity contribution is 0.988. The van der Waals surface area contributed by atoms with Gasteiger partial charge in [-0.25, -0.2) is 15.0 Å². The molecule has 2 aromatic rings. The summed E-state index contributed by atoms with van der Waals surface area (Å²) in [6, 6.07) is 4.08. The van der Waals surface area contributed by atoms with Crippen LogP contribution in [0.5, 0.6) is 0 Å². The molecular weight excluding hydrogens is 254 g/mol. The van der Waals surface area contributed by atoms with Gasteiger partial charge in [0.1, 0.15) is 21.5 Å². The molecule has 0 atom stereocenters. The van der Waals surface area contributed by atoms with Crippen LogP contribution in [0.25, 0.3) is 0 Å². The Kier molecular flexibility index (Phi) is 3.64. The third-order valence-electron chi connectivity index (χ3n) is 2.25. The number of aromatic nitrogens is 3. The Morgan fingerprint density at radius 1 is 1.12 bits per heavy atom. The highest BCUT2D eigenvalue weighted by molar-refractivity contribution is 7.99. The fourth-order valence-corrected chi connectivity index (χ4v) is 2.64. The number of hydrogen-bond donors (Lipinski definition) is 0. The van der Waals surface area contributed by atoms with Crippen molar-refractivity contribution < 1.29 is 0 Å². The van der Waals surface area contributed by atoms with Crippen molar-refractivity contribution in [2.75, 3.05) is 0 Å². The second-order valence-corrected chi connectivity index (χ2v) is 5.19. The molecule has 0 amide bonds. The largest absolute Gasteiger partial charge is 0.246 e. The number of rotatable bonds is 2. The van der Waals surface area contributed by atoms with Crippen LogP contribution in [0.2, 0.25) is 5.15 Å². The van der Waals surface area contributed by atoms with E-state index in [0.717, 1.165) is 21.3 Å². The van der Waals surface area contributed by atoms with Gasteiger partial charge >= 0.3 is 0 Å². The molecule has 0 bridgehead atoms. The molecule has 0 radical (unpaired) electrons. The van der Waals surface area contributed by atoms with Crippen LogP contribution in [0.4, 0.5) is 0 Å². The third-order valence-corrected chi connectivity index (χ3v) is 3.66. The minimum atomic E-state index is 0.492. The van der Waals surface area contributed by atoms with Crippen LogP contribution in [0.15, 0.2) is 28.5 Å². The van der Waals surface area contributed by atoms with Crippen molar-refractivity contribution in [1.82, 2.24) is 15.0 Å². The van der Waals surface area contributed by atoms with Gasteiger partial charge in [0.15, 0.2) is 0 Å². The quantitative estimate of drug-likeness (QED) is 0.778. The molecule has 5 heteroatoms. The predicted octanol–water partition coefficient (Wildman–Crippen LogP) is 3.60. The average Bonchev–Trinajstić information content (AvgIpc) is 2.23. The normalized spacial score (nSPS) is 10.6. The molecule has 2 aromatic heterocycles. The summed E-state index contributed by atoms with van der Waals surface area (Å²) in [6.45, 7) is 5.95. The van der Waals surface area contributed by atoms with Crippen LogP contribution in [-0.4, -0.2) is 15.0 Å². The van der Waals surface area contributed by atoms with Gasteiger partial charge in [-0.1, -0.05) is 11.6 Å². The second-order valence-electron chi connectivity index (χ2n) is 3.82. The van der Waals surface area contributed by atoms with Gasteiger partial charge in [0, 0.05) is 11.3 Å². The van der Waals surface area contributed by atoms with Gasteiger partial charge in [-0.15, -0.1) is 0 Å². The maximum absolute atomic E-state index is 5.96. The zero-order valence-corrected chi connectivity index (χ0v) is 11.4. The third kappa shape index (κ3) is 2.96. The van der Waals surface area contributed by atoms with Crippen LogP contribution in [0, 0.1) is 20.8 Å². The summed E-state index contributed by atoms with van der Waals surface area (Å²) in [5.41, 5.74) is 3.09. The van der Waals surface area contributed by atoms with Crippen LogP contribution in [-0.2, 0) is 0 Å². The zero-order chi connectivity index (χ0) is 12.4. The van der Waals surface area contributed by atoms with Gasteiger partial charge in [-0.05, 0) is 50.2 Å². The van der Waals surface area contributed by atoms with Crippen LogP contribution < -0.4 is 0 Å². The van der Waals surface area contributed by atoms with Gasteiger partial charge in [-0.3, -0.25) is 0 Å². The fourth-order valence-electron chi connectivity index (χ4n) is 1.47. The molecule has 0 spiro atoms. The lowest BCUT2D eigenvalue weighted by Gasteiger charge is -2.06. The Hall–Kier alpha value is -1.13. The highest BCUT2D eigenvalue weighted by Crippen LogP contribution is 2.29. The first-order valence-corrected chi connectivity index (χ1v) is 6.36. The van der Waals surface area contributed by atoms with Crippen molar-refractivity contribution >= 4 is 23.4 Å². The molecule has 0 saturated carbocycles. The molecule has 0 unspecified atom stereocenters. The number of halogens is 1. The predicted molar refractivity (Wildman–Crippen MR) is 69.6 cm³/mol. The SMILES string of the molecule is Cc1cc(C)nc(Sc2ncnc(Cl)c2C)c1. The smallest absolute Gasteiger partial charge is 0.136 e. The first kappa shape index (κ1) is 12.3. The van der Waals surface area contributed by atoms with Crippen molar-refractivity contribution in [3.8, 4) is 0 Å². The maximum atomic E-state index is 5.96. The lowest BCUT2D eigenvalue weighted by atomic mass is 10.3. The van der Waals surface area contributed by atoms with E-state index in [9.17, 15) is 0 Å². The molecule has 17 heavy (non-hydrogen) atoms. The lowest BCUT2D eigenvalue weighted by Crippen LogP contribution is -1.92. The first-order valence-electron chi connectivity index (χ1n) is 5.16. The maximum Gasteiger partial charge on any atom is 0.136 e. The topological polar surface area (TPSA) is 38.7 Å². The number of hydrogen-bond acceptors (Lipinski definition) is 4. The molecule has 0 aliphatic heterocycles. The Morgan fingerprint density at radius 2 is 1.88 bits per heavy atom. The summed E-state index contributed by atoms with van der Waals surface area (Å²) in [4.78, 5) is 12.6. The second kappa shape index (κ2) is 5.02. The van der Waals surface area contributed by atoms with Crippen molar-refractivity contribution in [2.24, 2.45) is 0 Å². The minimum absolute atomic E-state index is 0.492. The van der Waals surface area contributed by atoms with E-state index in [0.29, 0.717) is 5.15 Å². The highest BCUT2D eigenvalue weighted by Gasteiger charge is 2.08. The van der Waals surface area contributed by atoms with Gasteiger partial charge in [0.25, 0.3) is 0 Å². The number of aryl methyl sites for hydroxylation is 2. The van der Waals surface area contributed by atoms with Gasteiger partial charge < -0.3 is 0 Å². The minimum Gasteiger partial charge on any atom is -0.246 e. The zero-order valence-electron chi connectivity index (χ0n) is 9.86. The molecule has 0 fully saturated rings. The van der Waals surface area contributed by atoms with E-state index in [4.69, 9.17) is 11.6 Å². The van der Waals surface area contributed by atoms with Gasteiger partial charge in [0.2, 0.25) is 0 Å². The molecular formula is C12H12ClN3S. The van der Waals surface area contributed by atoms with E-state index in [-0.39, 0.29) is 0 Å². The summed E-state index contributed by atoms with van der Waals surface area (Å²) >= 11 is 7.47.